The van der Waals surface area contributed by atoms with E-state index in [4.69, 9.17) is 38.8 Å². The van der Waals surface area contributed by atoms with Crippen molar-refractivity contribution in [2.24, 2.45) is 0 Å². The van der Waals surface area contributed by atoms with Crippen molar-refractivity contribution in [3.8, 4) is 5.75 Å². The van der Waals surface area contributed by atoms with E-state index < -0.39 is 5.97 Å². The zero-order valence-electron chi connectivity index (χ0n) is 15.2. The fraction of sp³-hybridized carbons (Fsp3) is 0.150. The van der Waals surface area contributed by atoms with Crippen molar-refractivity contribution in [2.75, 3.05) is 12.8 Å². The van der Waals surface area contributed by atoms with Gasteiger partial charge in [-0.1, -0.05) is 29.3 Å². The topological polar surface area (TPSA) is 98.3 Å². The molecular weight excluding hydrogens is 401 g/mol. The number of carbonyl (C=O) groups is 1. The number of nitrogens with two attached hydrogens (primary N) is 1. The smallest absolute Gasteiger partial charge is 0.331 e. The number of nitrogen functional groups attached to an aromatic ring is 1. The Morgan fingerprint density at radius 2 is 1.96 bits per heavy atom. The Kier molecular flexibility index (Phi) is 5.72. The van der Waals surface area contributed by atoms with Crippen molar-refractivity contribution in [1.82, 2.24) is 9.97 Å². The fourth-order valence-electron chi connectivity index (χ4n) is 2.78. The van der Waals surface area contributed by atoms with Gasteiger partial charge in [0.25, 0.3) is 0 Å². The van der Waals surface area contributed by atoms with Gasteiger partial charge in [-0.3, -0.25) is 0 Å². The molecule has 3 N–H and O–H groups in total. The third-order valence-electron chi connectivity index (χ3n) is 4.21. The van der Waals surface area contributed by atoms with Crippen LogP contribution >= 0.6 is 23.2 Å². The van der Waals surface area contributed by atoms with Gasteiger partial charge in [-0.25, -0.2) is 14.8 Å². The number of carboxylic acid groups (broad SMARTS) is 1. The zero-order chi connectivity index (χ0) is 20.4. The molecule has 3 rings (SSSR count). The molecule has 0 unspecified atom stereocenters. The summed E-state index contributed by atoms with van der Waals surface area (Å²) in [5.41, 5.74) is 8.76. The van der Waals surface area contributed by atoms with Crippen LogP contribution in [0, 0.1) is 0 Å². The van der Waals surface area contributed by atoms with Crippen molar-refractivity contribution >= 4 is 51.8 Å². The summed E-state index contributed by atoms with van der Waals surface area (Å²) in [6.07, 6.45) is 1.82. The summed E-state index contributed by atoms with van der Waals surface area (Å²) in [6, 6.07) is 8.81. The van der Waals surface area contributed by atoms with Crippen LogP contribution in [-0.4, -0.2) is 28.2 Å². The van der Waals surface area contributed by atoms with Crippen LogP contribution in [0.1, 0.15) is 24.0 Å². The first-order valence-corrected chi connectivity index (χ1v) is 9.04. The number of aromatic nitrogens is 2. The van der Waals surface area contributed by atoms with Gasteiger partial charge in [-0.05, 0) is 42.8 Å². The maximum absolute atomic E-state index is 11.2. The predicted molar refractivity (Wildman–Crippen MR) is 111 cm³/mol. The molecule has 144 valence electrons. The highest BCUT2D eigenvalue weighted by molar-refractivity contribution is 6.34. The van der Waals surface area contributed by atoms with Crippen molar-refractivity contribution in [1.29, 1.82) is 0 Å². The van der Waals surface area contributed by atoms with Crippen LogP contribution in [0.15, 0.2) is 35.9 Å². The second-order valence-corrected chi connectivity index (χ2v) is 6.98. The molecule has 6 nitrogen and oxygen atoms in total. The zero-order valence-corrected chi connectivity index (χ0v) is 16.7. The van der Waals surface area contributed by atoms with E-state index in [1.54, 1.807) is 31.4 Å². The van der Waals surface area contributed by atoms with Gasteiger partial charge in [0.15, 0.2) is 5.82 Å². The Balaban J connectivity index is 2.17. The van der Waals surface area contributed by atoms with Gasteiger partial charge in [0.05, 0.1) is 34.1 Å². The highest BCUT2D eigenvalue weighted by Gasteiger charge is 2.14. The first-order valence-electron chi connectivity index (χ1n) is 8.28. The van der Waals surface area contributed by atoms with E-state index in [2.05, 4.69) is 9.97 Å². The molecule has 0 atom stereocenters. The van der Waals surface area contributed by atoms with Crippen molar-refractivity contribution in [3.05, 3.63) is 63.0 Å². The van der Waals surface area contributed by atoms with Crippen LogP contribution in [0.5, 0.6) is 5.75 Å². The number of hydrogen-bond acceptors (Lipinski definition) is 5. The van der Waals surface area contributed by atoms with E-state index in [1.165, 1.54) is 13.0 Å². The largest absolute Gasteiger partial charge is 0.495 e. The molecule has 0 fully saturated rings. The lowest BCUT2D eigenvalue weighted by molar-refractivity contribution is -0.132. The van der Waals surface area contributed by atoms with E-state index in [0.29, 0.717) is 44.5 Å². The number of benzene rings is 2. The minimum Gasteiger partial charge on any atom is -0.495 e. The number of fused-ring (bicyclic) bond motifs is 1. The summed E-state index contributed by atoms with van der Waals surface area (Å²) >= 11 is 12.4. The van der Waals surface area contributed by atoms with Crippen LogP contribution < -0.4 is 10.5 Å². The van der Waals surface area contributed by atoms with E-state index in [-0.39, 0.29) is 11.4 Å². The van der Waals surface area contributed by atoms with Crippen LogP contribution in [-0.2, 0) is 11.2 Å². The molecule has 0 bridgehead atoms. The first kappa shape index (κ1) is 19.9. The molecule has 0 spiro atoms. The number of nitrogens with zero attached hydrogens (tertiary/aromatic N) is 2. The third-order valence-corrected chi connectivity index (χ3v) is 4.84. The fourth-order valence-corrected chi connectivity index (χ4v) is 3.22. The Morgan fingerprint density at radius 3 is 2.61 bits per heavy atom. The number of ether oxygens (including phenoxy) is 1. The first-order chi connectivity index (χ1) is 13.3. The monoisotopic (exact) mass is 417 g/mol. The van der Waals surface area contributed by atoms with Gasteiger partial charge in [-0.2, -0.15) is 0 Å². The van der Waals surface area contributed by atoms with Gasteiger partial charge < -0.3 is 15.6 Å². The molecule has 28 heavy (non-hydrogen) atoms. The molecule has 3 aromatic rings. The SMILES string of the molecule is COc1ccc(Cc2nc(/C=C(/C)C(=O)O)nc3ccc(Cl)c(N)c23)cc1Cl. The molecular formula is C20H17Cl2N3O3. The van der Waals surface area contributed by atoms with Crippen LogP contribution in [0.25, 0.3) is 17.0 Å². The average molecular weight is 418 g/mol. The normalized spacial score (nSPS) is 11.6. The number of methoxy groups -OCH3 is 1. The van der Waals surface area contributed by atoms with Gasteiger partial charge in [0.1, 0.15) is 5.75 Å². The highest BCUT2D eigenvalue weighted by Crippen LogP contribution is 2.32. The number of carboxylic acids is 1. The maximum atomic E-state index is 11.2. The Labute approximate surface area is 171 Å². The van der Waals surface area contributed by atoms with E-state index in [0.717, 1.165) is 5.56 Å². The summed E-state index contributed by atoms with van der Waals surface area (Å²) in [6.45, 7) is 1.48. The van der Waals surface area contributed by atoms with Crippen molar-refractivity contribution < 1.29 is 14.6 Å². The van der Waals surface area contributed by atoms with Gasteiger partial charge in [0, 0.05) is 17.4 Å². The summed E-state index contributed by atoms with van der Waals surface area (Å²) in [5.74, 6) is -0.187. The average Bonchev–Trinajstić information content (AvgIpc) is 2.64. The van der Waals surface area contributed by atoms with E-state index in [9.17, 15) is 4.79 Å². The molecule has 0 saturated heterocycles. The lowest BCUT2D eigenvalue weighted by Crippen LogP contribution is -2.04. The molecule has 1 heterocycles. The van der Waals surface area contributed by atoms with Gasteiger partial charge in [0.2, 0.25) is 0 Å². The highest BCUT2D eigenvalue weighted by atomic mass is 35.5. The molecule has 1 aromatic heterocycles. The summed E-state index contributed by atoms with van der Waals surface area (Å²) < 4.78 is 5.18. The van der Waals surface area contributed by atoms with Crippen LogP contribution in [0.2, 0.25) is 10.0 Å². The van der Waals surface area contributed by atoms with Crippen LogP contribution in [0.3, 0.4) is 0 Å². The molecule has 0 aliphatic carbocycles. The number of rotatable bonds is 5. The lowest BCUT2D eigenvalue weighted by Gasteiger charge is -2.12. The number of aliphatic carboxylic acids is 1. The molecule has 0 amide bonds. The number of anilines is 1. The van der Waals surface area contributed by atoms with Gasteiger partial charge in [-0.15, -0.1) is 0 Å². The molecule has 0 aliphatic rings. The molecule has 0 radical (unpaired) electrons. The summed E-state index contributed by atoms with van der Waals surface area (Å²) in [4.78, 5) is 20.1. The summed E-state index contributed by atoms with van der Waals surface area (Å²) in [7, 11) is 1.55. The Bertz CT molecular complexity index is 1110. The molecule has 0 saturated carbocycles. The maximum Gasteiger partial charge on any atom is 0.331 e. The molecule has 2 aromatic carbocycles. The second-order valence-electron chi connectivity index (χ2n) is 6.16. The summed E-state index contributed by atoms with van der Waals surface area (Å²) in [5, 5.41) is 10.6. The van der Waals surface area contributed by atoms with Gasteiger partial charge >= 0.3 is 5.97 Å². The minimum absolute atomic E-state index is 0.125. The minimum atomic E-state index is -1.04. The number of halogens is 2. The lowest BCUT2D eigenvalue weighted by atomic mass is 10.0. The number of hydrogen-bond donors (Lipinski definition) is 2. The molecule has 8 heteroatoms. The van der Waals surface area contributed by atoms with E-state index >= 15 is 0 Å². The second kappa shape index (κ2) is 8.04. The van der Waals surface area contributed by atoms with E-state index in [1.807, 2.05) is 6.07 Å². The van der Waals surface area contributed by atoms with Crippen molar-refractivity contribution in [3.63, 3.8) is 0 Å². The standard InChI is InChI=1S/C20H17Cl2N3O3/c1-10(20(26)27)7-17-24-14-5-4-12(21)19(23)18(14)15(25-17)9-11-3-6-16(28-2)13(22)8-11/h3-8H,9,23H2,1-2H3,(H,26,27)/b10-7-. The van der Waals surface area contributed by atoms with Crippen LogP contribution in [0.4, 0.5) is 5.69 Å². The Hall–Kier alpha value is -2.83. The molecule has 0 aliphatic heterocycles. The van der Waals surface area contributed by atoms with Crippen molar-refractivity contribution in [2.45, 2.75) is 13.3 Å². The predicted octanol–water partition coefficient (Wildman–Crippen LogP) is 4.61. The quantitative estimate of drug-likeness (QED) is 0.464. The Morgan fingerprint density at radius 1 is 1.21 bits per heavy atom. The third kappa shape index (κ3) is 4.03.